The van der Waals surface area contributed by atoms with E-state index in [1.54, 1.807) is 55.1 Å². The quantitative estimate of drug-likeness (QED) is 0.544. The van der Waals surface area contributed by atoms with Crippen molar-refractivity contribution in [2.24, 2.45) is 5.73 Å². The number of aromatic nitrogens is 3. The third-order valence-electron chi connectivity index (χ3n) is 4.98. The Morgan fingerprint density at radius 3 is 2.22 bits per heavy atom. The number of nitrogens with zero attached hydrogens (tertiary/aromatic N) is 3. The normalized spacial score (nSPS) is 16.0. The Labute approximate surface area is 185 Å². The minimum absolute atomic E-state index is 0.0260. The van der Waals surface area contributed by atoms with E-state index in [9.17, 15) is 14.4 Å². The van der Waals surface area contributed by atoms with Gasteiger partial charge in [0.25, 0.3) is 5.56 Å². The molecule has 3 aromatic rings. The molecule has 0 unspecified atom stereocenters. The van der Waals surface area contributed by atoms with Gasteiger partial charge in [0.15, 0.2) is 0 Å². The summed E-state index contributed by atoms with van der Waals surface area (Å²) >= 11 is 1.09. The molecule has 0 fully saturated rings. The molecule has 9 nitrogen and oxygen atoms in total. The molecule has 162 valence electrons. The lowest BCUT2D eigenvalue weighted by Gasteiger charge is -2.26. The molecular weight excluding hydrogens is 432 g/mol. The summed E-state index contributed by atoms with van der Waals surface area (Å²) in [6.07, 6.45) is 7.99. The van der Waals surface area contributed by atoms with Crippen LogP contribution in [0.4, 0.5) is 0 Å². The van der Waals surface area contributed by atoms with Crippen LogP contribution in [0, 0.1) is 0 Å². The van der Waals surface area contributed by atoms with Crippen molar-refractivity contribution in [2.45, 2.75) is 6.04 Å². The van der Waals surface area contributed by atoms with Gasteiger partial charge in [-0.05, 0) is 41.5 Å². The summed E-state index contributed by atoms with van der Waals surface area (Å²) in [4.78, 5) is 47.0. The largest absolute Gasteiger partial charge is 0.466 e. The van der Waals surface area contributed by atoms with Gasteiger partial charge in [-0.3, -0.25) is 19.3 Å². The number of rotatable bonds is 4. The van der Waals surface area contributed by atoms with Crippen LogP contribution in [0.15, 0.2) is 65.1 Å². The van der Waals surface area contributed by atoms with Crippen LogP contribution in [0.1, 0.15) is 17.2 Å². The van der Waals surface area contributed by atoms with Crippen LogP contribution in [-0.4, -0.2) is 40.7 Å². The molecule has 0 saturated heterocycles. The third kappa shape index (κ3) is 3.50. The summed E-state index contributed by atoms with van der Waals surface area (Å²) in [7, 11) is 2.41. The van der Waals surface area contributed by atoms with Gasteiger partial charge in [0.1, 0.15) is 10.2 Å². The zero-order chi connectivity index (χ0) is 22.8. The molecule has 4 heterocycles. The summed E-state index contributed by atoms with van der Waals surface area (Å²) < 4.78 is 11.9. The van der Waals surface area contributed by atoms with Crippen molar-refractivity contribution in [3.05, 3.63) is 91.0 Å². The van der Waals surface area contributed by atoms with Crippen LogP contribution in [0.3, 0.4) is 0 Å². The predicted molar refractivity (Wildman–Crippen MR) is 117 cm³/mol. The molecule has 0 amide bonds. The van der Waals surface area contributed by atoms with Gasteiger partial charge in [-0.15, -0.1) is 11.3 Å². The Balaban J connectivity index is 2.14. The maximum absolute atomic E-state index is 13.6. The van der Waals surface area contributed by atoms with Gasteiger partial charge in [-0.25, -0.2) is 9.59 Å². The first-order valence-electron chi connectivity index (χ1n) is 9.41. The molecule has 1 aliphatic heterocycles. The lowest BCUT2D eigenvalue weighted by Crippen LogP contribution is -2.43. The van der Waals surface area contributed by atoms with Gasteiger partial charge < -0.3 is 15.2 Å². The van der Waals surface area contributed by atoms with Crippen molar-refractivity contribution in [3.63, 3.8) is 0 Å². The average molecular weight is 450 g/mol. The predicted octanol–water partition coefficient (Wildman–Crippen LogP) is -0.159. The van der Waals surface area contributed by atoms with Crippen LogP contribution in [0.25, 0.3) is 11.6 Å². The van der Waals surface area contributed by atoms with E-state index in [2.05, 4.69) is 9.97 Å². The van der Waals surface area contributed by atoms with E-state index in [1.807, 2.05) is 0 Å². The number of thiazole rings is 1. The number of ether oxygens (including phenoxy) is 2. The molecule has 0 aliphatic carbocycles. The smallest absolute Gasteiger partial charge is 0.342 e. The van der Waals surface area contributed by atoms with Crippen molar-refractivity contribution in [2.75, 3.05) is 14.2 Å². The molecule has 0 bridgehead atoms. The van der Waals surface area contributed by atoms with E-state index >= 15 is 0 Å². The minimum atomic E-state index is -0.905. The van der Waals surface area contributed by atoms with Gasteiger partial charge >= 0.3 is 11.9 Å². The molecule has 1 aliphatic rings. The van der Waals surface area contributed by atoms with Crippen LogP contribution in [0.2, 0.25) is 0 Å². The summed E-state index contributed by atoms with van der Waals surface area (Å²) in [5.41, 5.74) is 7.10. The first-order chi connectivity index (χ1) is 15.5. The maximum atomic E-state index is 13.6. The number of esters is 2. The number of carbonyl (C=O) groups is 2. The van der Waals surface area contributed by atoms with E-state index < -0.39 is 18.0 Å². The number of methoxy groups -OCH3 is 2. The van der Waals surface area contributed by atoms with E-state index in [0.29, 0.717) is 10.1 Å². The fourth-order valence-electron chi connectivity index (χ4n) is 3.53. The number of hydrogen-bond donors (Lipinski definition) is 1. The van der Waals surface area contributed by atoms with Crippen LogP contribution < -0.4 is 20.5 Å². The molecule has 4 rings (SSSR count). The monoisotopic (exact) mass is 450 g/mol. The van der Waals surface area contributed by atoms with Crippen molar-refractivity contribution >= 4 is 34.9 Å². The highest BCUT2D eigenvalue weighted by Gasteiger charge is 2.37. The Kier molecular flexibility index (Phi) is 5.69. The van der Waals surface area contributed by atoms with E-state index in [1.165, 1.54) is 18.8 Å². The highest BCUT2D eigenvalue weighted by molar-refractivity contribution is 7.07. The first-order valence-corrected chi connectivity index (χ1v) is 10.2. The standard InChI is InChI=1S/C22H18N4O5S/c1-30-21(28)15-17(23)16(22(29)31-2)20-26(18(15)13-5-9-25-10-6-13)19(27)14(32-20)11-12-3-7-24-8-4-12/h3-11,18H,23H2,1-2H3/b14-11+/t18-/m1/s1. The molecule has 0 aromatic carbocycles. The van der Waals surface area contributed by atoms with Crippen LogP contribution >= 0.6 is 11.3 Å². The number of hydrogen-bond acceptors (Lipinski definition) is 9. The highest BCUT2D eigenvalue weighted by atomic mass is 32.1. The Morgan fingerprint density at radius 2 is 1.62 bits per heavy atom. The average Bonchev–Trinajstić information content (AvgIpc) is 3.13. The van der Waals surface area contributed by atoms with Crippen molar-refractivity contribution < 1.29 is 19.1 Å². The highest BCUT2D eigenvalue weighted by Crippen LogP contribution is 2.32. The van der Waals surface area contributed by atoms with Gasteiger partial charge in [-0.1, -0.05) is 0 Å². The van der Waals surface area contributed by atoms with Crippen LogP contribution in [-0.2, 0) is 19.1 Å². The van der Waals surface area contributed by atoms with Crippen LogP contribution in [0.5, 0.6) is 0 Å². The van der Waals surface area contributed by atoms with Gasteiger partial charge in [0, 0.05) is 24.8 Å². The summed E-state index contributed by atoms with van der Waals surface area (Å²) in [5, 5.41) is 0. The molecular formula is C22H18N4O5S. The van der Waals surface area contributed by atoms with Crippen molar-refractivity contribution in [1.82, 2.24) is 14.5 Å². The van der Waals surface area contributed by atoms with Gasteiger partial charge in [-0.2, -0.15) is 0 Å². The number of fused-ring (bicyclic) bond motifs is 1. The zero-order valence-electron chi connectivity index (χ0n) is 17.1. The Hall–Kier alpha value is -4.05. The first kappa shape index (κ1) is 21.2. The fraction of sp³-hybridized carbons (Fsp3) is 0.136. The molecule has 1 atom stereocenters. The second-order valence-electron chi connectivity index (χ2n) is 6.74. The summed E-state index contributed by atoms with van der Waals surface area (Å²) in [6.45, 7) is 0. The Bertz CT molecular complexity index is 1410. The topological polar surface area (TPSA) is 126 Å². The Morgan fingerprint density at radius 1 is 1.03 bits per heavy atom. The fourth-order valence-corrected chi connectivity index (χ4v) is 4.71. The van der Waals surface area contributed by atoms with Crippen molar-refractivity contribution in [1.29, 1.82) is 0 Å². The maximum Gasteiger partial charge on any atom is 0.342 e. The lowest BCUT2D eigenvalue weighted by molar-refractivity contribution is -0.136. The zero-order valence-corrected chi connectivity index (χ0v) is 18.0. The number of nitrogens with two attached hydrogens (primary N) is 1. The van der Waals surface area contributed by atoms with E-state index in [4.69, 9.17) is 15.2 Å². The van der Waals surface area contributed by atoms with Gasteiger partial charge in [0.05, 0.1) is 36.1 Å². The molecule has 0 radical (unpaired) electrons. The van der Waals surface area contributed by atoms with Gasteiger partial charge in [0.2, 0.25) is 0 Å². The molecule has 10 heteroatoms. The minimum Gasteiger partial charge on any atom is -0.466 e. The number of carbonyl (C=O) groups excluding carboxylic acids is 2. The summed E-state index contributed by atoms with van der Waals surface area (Å²) in [6, 6.07) is 5.94. The molecule has 0 saturated carbocycles. The second-order valence-corrected chi connectivity index (χ2v) is 7.77. The lowest BCUT2D eigenvalue weighted by atomic mass is 9.92. The number of pyridine rings is 2. The molecule has 32 heavy (non-hydrogen) atoms. The molecule has 3 aromatic heterocycles. The summed E-state index contributed by atoms with van der Waals surface area (Å²) in [5.74, 6) is -1.52. The van der Waals surface area contributed by atoms with Crippen molar-refractivity contribution in [3.8, 4) is 0 Å². The van der Waals surface area contributed by atoms with E-state index in [0.717, 1.165) is 16.9 Å². The second kappa shape index (κ2) is 8.60. The molecule has 0 spiro atoms. The SMILES string of the molecule is COC(=O)C1=C(N)C(C(=O)OC)=c2s/c(=C/c3ccncc3)c(=O)n2[C@@H]1c1ccncc1. The molecule has 2 N–H and O–H groups in total. The third-order valence-corrected chi connectivity index (χ3v) is 6.09. The van der Waals surface area contributed by atoms with E-state index in [-0.39, 0.29) is 27.1 Å².